The van der Waals surface area contributed by atoms with E-state index in [1.807, 2.05) is 19.9 Å². The van der Waals surface area contributed by atoms with Crippen LogP contribution in [0.3, 0.4) is 0 Å². The summed E-state index contributed by atoms with van der Waals surface area (Å²) in [5.41, 5.74) is 1.70. The molecule has 0 amide bonds. The van der Waals surface area contributed by atoms with Gasteiger partial charge in [0.2, 0.25) is 5.78 Å². The predicted molar refractivity (Wildman–Crippen MR) is 76.8 cm³/mol. The Balaban J connectivity index is 2.43. The van der Waals surface area contributed by atoms with Gasteiger partial charge in [0.25, 0.3) is 0 Å². The highest BCUT2D eigenvalue weighted by molar-refractivity contribution is 7.14. The van der Waals surface area contributed by atoms with E-state index < -0.39 is 0 Å². The SMILES string of the molecule is COc1ccc(C(=O)c2cc(C)c(C)s2)c(OC)c1. The van der Waals surface area contributed by atoms with Gasteiger partial charge >= 0.3 is 0 Å². The Hall–Kier alpha value is -1.81. The Morgan fingerprint density at radius 2 is 1.84 bits per heavy atom. The number of hydrogen-bond donors (Lipinski definition) is 0. The van der Waals surface area contributed by atoms with Crippen molar-refractivity contribution in [3.8, 4) is 11.5 Å². The standard InChI is InChI=1S/C15H16O3S/c1-9-7-14(19-10(9)2)15(16)12-6-5-11(17-3)8-13(12)18-4/h5-8H,1-4H3. The van der Waals surface area contributed by atoms with Crippen molar-refractivity contribution >= 4 is 17.1 Å². The van der Waals surface area contributed by atoms with E-state index in [4.69, 9.17) is 9.47 Å². The minimum Gasteiger partial charge on any atom is -0.497 e. The number of methoxy groups -OCH3 is 2. The van der Waals surface area contributed by atoms with Gasteiger partial charge in [0, 0.05) is 10.9 Å². The molecule has 0 aliphatic heterocycles. The Bertz CT molecular complexity index is 594. The lowest BCUT2D eigenvalue weighted by molar-refractivity contribution is 0.103. The summed E-state index contributed by atoms with van der Waals surface area (Å²) >= 11 is 1.51. The van der Waals surface area contributed by atoms with Gasteiger partial charge in [-0.05, 0) is 37.6 Å². The van der Waals surface area contributed by atoms with Gasteiger partial charge in [-0.25, -0.2) is 0 Å². The lowest BCUT2D eigenvalue weighted by Crippen LogP contribution is -2.02. The smallest absolute Gasteiger partial charge is 0.206 e. The number of carbonyl (C=O) groups excluding carboxylic acids is 1. The molecule has 1 aromatic carbocycles. The summed E-state index contributed by atoms with van der Waals surface area (Å²) in [6.07, 6.45) is 0. The summed E-state index contributed by atoms with van der Waals surface area (Å²) < 4.78 is 10.4. The van der Waals surface area contributed by atoms with Crippen LogP contribution in [0.5, 0.6) is 11.5 Å². The van der Waals surface area contributed by atoms with E-state index in [-0.39, 0.29) is 5.78 Å². The number of thiophene rings is 1. The topological polar surface area (TPSA) is 35.5 Å². The highest BCUT2D eigenvalue weighted by atomic mass is 32.1. The van der Waals surface area contributed by atoms with Gasteiger partial charge in [-0.15, -0.1) is 11.3 Å². The molecular formula is C15H16O3S. The summed E-state index contributed by atoms with van der Waals surface area (Å²) in [5, 5.41) is 0. The zero-order valence-corrected chi connectivity index (χ0v) is 12.3. The first-order valence-electron chi connectivity index (χ1n) is 5.90. The molecule has 3 nitrogen and oxygen atoms in total. The normalized spacial score (nSPS) is 10.3. The fraction of sp³-hybridized carbons (Fsp3) is 0.267. The number of aryl methyl sites for hydroxylation is 2. The van der Waals surface area contributed by atoms with E-state index in [0.29, 0.717) is 17.1 Å². The van der Waals surface area contributed by atoms with Crippen molar-refractivity contribution in [3.63, 3.8) is 0 Å². The second-order valence-electron chi connectivity index (χ2n) is 4.25. The van der Waals surface area contributed by atoms with Crippen molar-refractivity contribution in [2.75, 3.05) is 14.2 Å². The fourth-order valence-electron chi connectivity index (χ4n) is 1.80. The van der Waals surface area contributed by atoms with Crippen LogP contribution >= 0.6 is 11.3 Å². The molecule has 0 N–H and O–H groups in total. The van der Waals surface area contributed by atoms with Crippen molar-refractivity contribution in [1.29, 1.82) is 0 Å². The van der Waals surface area contributed by atoms with Crippen LogP contribution in [0, 0.1) is 13.8 Å². The summed E-state index contributed by atoms with van der Waals surface area (Å²) in [5.74, 6) is 1.20. The van der Waals surface area contributed by atoms with Crippen LogP contribution in [0.2, 0.25) is 0 Å². The summed E-state index contributed by atoms with van der Waals surface area (Å²) in [7, 11) is 3.14. The highest BCUT2D eigenvalue weighted by Crippen LogP contribution is 2.29. The van der Waals surface area contributed by atoms with E-state index >= 15 is 0 Å². The van der Waals surface area contributed by atoms with E-state index in [0.717, 1.165) is 15.3 Å². The maximum atomic E-state index is 12.5. The molecule has 0 saturated heterocycles. The van der Waals surface area contributed by atoms with Crippen molar-refractivity contribution in [3.05, 3.63) is 45.1 Å². The van der Waals surface area contributed by atoms with E-state index in [1.54, 1.807) is 32.4 Å². The lowest BCUT2D eigenvalue weighted by atomic mass is 10.1. The average Bonchev–Trinajstić information content (AvgIpc) is 2.77. The van der Waals surface area contributed by atoms with Gasteiger partial charge in [-0.1, -0.05) is 0 Å². The molecule has 1 aromatic heterocycles. The second-order valence-corrected chi connectivity index (χ2v) is 5.50. The molecule has 0 unspecified atom stereocenters. The maximum Gasteiger partial charge on any atom is 0.206 e. The molecule has 4 heteroatoms. The summed E-state index contributed by atoms with van der Waals surface area (Å²) in [6, 6.07) is 7.15. The van der Waals surface area contributed by atoms with Gasteiger partial charge in [0.1, 0.15) is 11.5 Å². The summed E-state index contributed by atoms with van der Waals surface area (Å²) in [6.45, 7) is 4.02. The molecule has 2 aromatic rings. The van der Waals surface area contributed by atoms with Crippen LogP contribution in [0.25, 0.3) is 0 Å². The molecule has 1 heterocycles. The van der Waals surface area contributed by atoms with Crippen molar-refractivity contribution < 1.29 is 14.3 Å². The first-order valence-corrected chi connectivity index (χ1v) is 6.72. The van der Waals surface area contributed by atoms with E-state index in [9.17, 15) is 4.79 Å². The third kappa shape index (κ3) is 2.63. The Kier molecular flexibility index (Phi) is 3.90. The van der Waals surface area contributed by atoms with Gasteiger partial charge in [-0.3, -0.25) is 4.79 Å². The molecular weight excluding hydrogens is 260 g/mol. The molecule has 0 spiro atoms. The van der Waals surface area contributed by atoms with Gasteiger partial charge < -0.3 is 9.47 Å². The number of benzene rings is 1. The third-order valence-corrected chi connectivity index (χ3v) is 4.19. The first kappa shape index (κ1) is 13.6. The second kappa shape index (κ2) is 5.45. The van der Waals surface area contributed by atoms with Crippen LogP contribution in [0.4, 0.5) is 0 Å². The number of ketones is 1. The number of carbonyl (C=O) groups is 1. The Morgan fingerprint density at radius 1 is 1.11 bits per heavy atom. The van der Waals surface area contributed by atoms with Crippen LogP contribution in [-0.2, 0) is 0 Å². The molecule has 100 valence electrons. The highest BCUT2D eigenvalue weighted by Gasteiger charge is 2.17. The molecule has 0 fully saturated rings. The molecule has 0 radical (unpaired) electrons. The number of rotatable bonds is 4. The molecule has 0 aliphatic rings. The predicted octanol–water partition coefficient (Wildman–Crippen LogP) is 3.61. The first-order chi connectivity index (χ1) is 9.06. The van der Waals surface area contributed by atoms with Crippen LogP contribution in [0.1, 0.15) is 25.7 Å². The van der Waals surface area contributed by atoms with Crippen molar-refractivity contribution in [2.24, 2.45) is 0 Å². The molecule has 0 bridgehead atoms. The van der Waals surface area contributed by atoms with Gasteiger partial charge in [0.15, 0.2) is 0 Å². The Morgan fingerprint density at radius 3 is 2.37 bits per heavy atom. The fourth-order valence-corrected chi connectivity index (χ4v) is 2.79. The molecule has 0 saturated carbocycles. The minimum atomic E-state index is -0.0132. The van der Waals surface area contributed by atoms with Crippen molar-refractivity contribution in [1.82, 2.24) is 0 Å². The van der Waals surface area contributed by atoms with E-state index in [1.165, 1.54) is 11.3 Å². The molecule has 2 rings (SSSR count). The largest absolute Gasteiger partial charge is 0.497 e. The number of hydrogen-bond acceptors (Lipinski definition) is 4. The lowest BCUT2D eigenvalue weighted by Gasteiger charge is -2.08. The quantitative estimate of drug-likeness (QED) is 0.800. The van der Waals surface area contributed by atoms with E-state index in [2.05, 4.69) is 0 Å². The van der Waals surface area contributed by atoms with Crippen LogP contribution in [-0.4, -0.2) is 20.0 Å². The van der Waals surface area contributed by atoms with Crippen LogP contribution < -0.4 is 9.47 Å². The molecule has 0 aliphatic carbocycles. The van der Waals surface area contributed by atoms with Crippen molar-refractivity contribution in [2.45, 2.75) is 13.8 Å². The maximum absolute atomic E-state index is 12.5. The van der Waals surface area contributed by atoms with Gasteiger partial charge in [-0.2, -0.15) is 0 Å². The van der Waals surface area contributed by atoms with Crippen LogP contribution in [0.15, 0.2) is 24.3 Å². The molecule has 0 atom stereocenters. The zero-order chi connectivity index (χ0) is 14.0. The third-order valence-electron chi connectivity index (χ3n) is 3.04. The summed E-state index contributed by atoms with van der Waals surface area (Å²) in [4.78, 5) is 14.4. The zero-order valence-electron chi connectivity index (χ0n) is 11.4. The minimum absolute atomic E-state index is 0.0132. The monoisotopic (exact) mass is 276 g/mol. The number of ether oxygens (including phenoxy) is 2. The molecule has 19 heavy (non-hydrogen) atoms. The average molecular weight is 276 g/mol. The van der Waals surface area contributed by atoms with Gasteiger partial charge in [0.05, 0.1) is 24.7 Å². The Labute approximate surface area is 116 Å².